The molecule has 2 aromatic rings. The Labute approximate surface area is 179 Å². The molecule has 1 aromatic heterocycles. The van der Waals surface area contributed by atoms with E-state index < -0.39 is 5.97 Å². The van der Waals surface area contributed by atoms with Gasteiger partial charge in [0.1, 0.15) is 5.75 Å². The Morgan fingerprint density at radius 2 is 1.97 bits per heavy atom. The molecule has 0 radical (unpaired) electrons. The molecular weight excluding hydrogens is 384 g/mol. The number of imidazole rings is 1. The van der Waals surface area contributed by atoms with Crippen LogP contribution in [0.3, 0.4) is 0 Å². The first-order valence-corrected chi connectivity index (χ1v) is 10.5. The lowest BCUT2D eigenvalue weighted by atomic mass is 9.91. The minimum absolute atomic E-state index is 0.0992. The summed E-state index contributed by atoms with van der Waals surface area (Å²) >= 11 is 0. The minimum Gasteiger partial charge on any atom is -0.497 e. The fraction of sp³-hybridized carbons (Fsp3) is 0.565. The third-order valence-electron chi connectivity index (χ3n) is 5.09. The number of carbonyl (C=O) groups is 1. The molecule has 0 saturated heterocycles. The van der Waals surface area contributed by atoms with Gasteiger partial charge in [0.25, 0.3) is 0 Å². The second-order valence-electron chi connectivity index (χ2n) is 7.80. The number of hydrogen-bond acceptors (Lipinski definition) is 5. The van der Waals surface area contributed by atoms with Crippen molar-refractivity contribution >= 4 is 5.97 Å². The summed E-state index contributed by atoms with van der Waals surface area (Å²) in [6, 6.07) is 7.80. The number of nitrogens with zero attached hydrogens (tertiary/aromatic N) is 2. The lowest BCUT2D eigenvalue weighted by Crippen LogP contribution is -2.26. The van der Waals surface area contributed by atoms with E-state index in [4.69, 9.17) is 14.2 Å². The quantitative estimate of drug-likeness (QED) is 0.440. The van der Waals surface area contributed by atoms with E-state index in [2.05, 4.69) is 4.98 Å². The van der Waals surface area contributed by atoms with Crippen LogP contribution in [-0.2, 0) is 27.4 Å². The van der Waals surface area contributed by atoms with Crippen molar-refractivity contribution < 1.29 is 24.1 Å². The Kier molecular flexibility index (Phi) is 10.4. The van der Waals surface area contributed by atoms with Crippen molar-refractivity contribution in [3.63, 3.8) is 0 Å². The largest absolute Gasteiger partial charge is 0.497 e. The summed E-state index contributed by atoms with van der Waals surface area (Å²) in [7, 11) is 1.65. The van der Waals surface area contributed by atoms with E-state index in [9.17, 15) is 9.90 Å². The molecule has 2 unspecified atom stereocenters. The number of carboxylic acid groups (broad SMARTS) is 1. The smallest absolute Gasteiger partial charge is 0.306 e. The van der Waals surface area contributed by atoms with Gasteiger partial charge in [0.15, 0.2) is 0 Å². The van der Waals surface area contributed by atoms with Gasteiger partial charge in [-0.15, -0.1) is 0 Å². The molecule has 2 rings (SSSR count). The molecule has 0 bridgehead atoms. The number of unbranched alkanes of at least 4 members (excludes halogenated alkanes) is 1. The molecular formula is C23H34N2O5. The molecule has 0 amide bonds. The maximum absolute atomic E-state index is 11.3. The van der Waals surface area contributed by atoms with Crippen molar-refractivity contribution in [2.24, 2.45) is 11.8 Å². The molecule has 0 aliphatic rings. The molecule has 1 aromatic carbocycles. The number of aliphatic carboxylic acids is 1. The van der Waals surface area contributed by atoms with E-state index in [1.54, 1.807) is 19.6 Å². The van der Waals surface area contributed by atoms with Crippen LogP contribution >= 0.6 is 0 Å². The number of benzene rings is 1. The third-order valence-corrected chi connectivity index (χ3v) is 5.09. The average Bonchev–Trinajstić information content (AvgIpc) is 3.23. The summed E-state index contributed by atoms with van der Waals surface area (Å²) in [5.41, 5.74) is 1.07. The van der Waals surface area contributed by atoms with E-state index in [1.165, 1.54) is 0 Å². The first-order valence-electron chi connectivity index (χ1n) is 10.5. The molecule has 0 spiro atoms. The SMILES string of the molecule is COc1ccc(COCC(Cn2ccnc2)OCCCCC(C(=O)O)C(C)C)cc1. The third kappa shape index (κ3) is 8.55. The molecule has 166 valence electrons. The summed E-state index contributed by atoms with van der Waals surface area (Å²) in [5, 5.41) is 9.29. The van der Waals surface area contributed by atoms with E-state index in [0.717, 1.165) is 24.2 Å². The first-order chi connectivity index (χ1) is 14.5. The van der Waals surface area contributed by atoms with Gasteiger partial charge in [-0.2, -0.15) is 0 Å². The van der Waals surface area contributed by atoms with Crippen LogP contribution in [0.2, 0.25) is 0 Å². The van der Waals surface area contributed by atoms with Gasteiger partial charge in [0.05, 0.1) is 45.2 Å². The van der Waals surface area contributed by atoms with Crippen molar-refractivity contribution in [2.45, 2.75) is 52.4 Å². The molecule has 0 aliphatic heterocycles. The number of ether oxygens (including phenoxy) is 3. The lowest BCUT2D eigenvalue weighted by molar-refractivity contribution is -0.143. The number of methoxy groups -OCH3 is 1. The minimum atomic E-state index is -0.712. The van der Waals surface area contributed by atoms with Crippen molar-refractivity contribution in [3.8, 4) is 5.75 Å². The van der Waals surface area contributed by atoms with Crippen molar-refractivity contribution in [1.29, 1.82) is 0 Å². The Morgan fingerprint density at radius 3 is 2.57 bits per heavy atom. The van der Waals surface area contributed by atoms with Gasteiger partial charge < -0.3 is 23.9 Å². The summed E-state index contributed by atoms with van der Waals surface area (Å²) in [4.78, 5) is 15.4. The predicted molar refractivity (Wildman–Crippen MR) is 114 cm³/mol. The van der Waals surface area contributed by atoms with Gasteiger partial charge in [0.2, 0.25) is 0 Å². The highest BCUT2D eigenvalue weighted by Crippen LogP contribution is 2.18. The Morgan fingerprint density at radius 1 is 1.20 bits per heavy atom. The van der Waals surface area contributed by atoms with Gasteiger partial charge in [-0.3, -0.25) is 4.79 Å². The van der Waals surface area contributed by atoms with Gasteiger partial charge >= 0.3 is 5.97 Å². The lowest BCUT2D eigenvalue weighted by Gasteiger charge is -2.19. The van der Waals surface area contributed by atoms with E-state index in [0.29, 0.717) is 32.8 Å². The molecule has 2 atom stereocenters. The van der Waals surface area contributed by atoms with Crippen molar-refractivity contribution in [1.82, 2.24) is 9.55 Å². The molecule has 7 nitrogen and oxygen atoms in total. The highest BCUT2D eigenvalue weighted by atomic mass is 16.5. The highest BCUT2D eigenvalue weighted by Gasteiger charge is 2.20. The Balaban J connectivity index is 1.75. The number of rotatable bonds is 15. The fourth-order valence-corrected chi connectivity index (χ4v) is 3.27. The van der Waals surface area contributed by atoms with Crippen LogP contribution in [0.4, 0.5) is 0 Å². The molecule has 30 heavy (non-hydrogen) atoms. The van der Waals surface area contributed by atoms with Crippen LogP contribution in [0.1, 0.15) is 38.7 Å². The summed E-state index contributed by atoms with van der Waals surface area (Å²) < 4.78 is 19.1. The van der Waals surface area contributed by atoms with Gasteiger partial charge in [0, 0.05) is 19.0 Å². The van der Waals surface area contributed by atoms with Gasteiger partial charge in [-0.1, -0.05) is 32.4 Å². The summed E-state index contributed by atoms with van der Waals surface area (Å²) in [6.45, 7) is 6.12. The Bertz CT molecular complexity index is 716. The predicted octanol–water partition coefficient (Wildman–Crippen LogP) is 4.02. The van der Waals surface area contributed by atoms with E-state index in [-0.39, 0.29) is 17.9 Å². The number of carboxylic acids is 1. The second kappa shape index (κ2) is 13.0. The van der Waals surface area contributed by atoms with Crippen LogP contribution in [0.25, 0.3) is 0 Å². The summed E-state index contributed by atoms with van der Waals surface area (Å²) in [6.07, 6.45) is 7.65. The van der Waals surface area contributed by atoms with Crippen LogP contribution in [0.5, 0.6) is 5.75 Å². The molecule has 1 N–H and O–H groups in total. The van der Waals surface area contributed by atoms with Crippen molar-refractivity contribution in [2.75, 3.05) is 20.3 Å². The van der Waals surface area contributed by atoms with Crippen LogP contribution in [0.15, 0.2) is 43.0 Å². The molecule has 0 aliphatic carbocycles. The maximum atomic E-state index is 11.3. The topological polar surface area (TPSA) is 82.8 Å². The van der Waals surface area contributed by atoms with Gasteiger partial charge in [-0.25, -0.2) is 4.98 Å². The molecule has 7 heteroatoms. The van der Waals surface area contributed by atoms with Gasteiger partial charge in [-0.05, 0) is 36.5 Å². The van der Waals surface area contributed by atoms with Crippen molar-refractivity contribution in [3.05, 3.63) is 48.5 Å². The first kappa shape index (κ1) is 23.9. The maximum Gasteiger partial charge on any atom is 0.306 e. The zero-order chi connectivity index (χ0) is 21.8. The molecule has 0 saturated carbocycles. The van der Waals surface area contributed by atoms with E-state index >= 15 is 0 Å². The standard InChI is InChI=1S/C23H34N2O5/c1-18(2)22(23(26)27)6-4-5-13-30-21(14-25-12-11-24-17-25)16-29-15-19-7-9-20(28-3)10-8-19/h7-12,17-18,21-22H,4-6,13-16H2,1-3H3,(H,26,27). The second-order valence-corrected chi connectivity index (χ2v) is 7.80. The fourth-order valence-electron chi connectivity index (χ4n) is 3.27. The number of aromatic nitrogens is 2. The number of hydrogen-bond donors (Lipinski definition) is 1. The molecule has 1 heterocycles. The summed E-state index contributed by atoms with van der Waals surface area (Å²) in [5.74, 6) is -0.0400. The monoisotopic (exact) mass is 418 g/mol. The van der Waals surface area contributed by atoms with Crippen LogP contribution in [0, 0.1) is 11.8 Å². The van der Waals surface area contributed by atoms with E-state index in [1.807, 2.05) is 48.9 Å². The zero-order valence-corrected chi connectivity index (χ0v) is 18.2. The van der Waals surface area contributed by atoms with Crippen LogP contribution in [-0.4, -0.2) is 47.1 Å². The normalized spacial score (nSPS) is 13.3. The highest BCUT2D eigenvalue weighted by molar-refractivity contribution is 5.70. The average molecular weight is 419 g/mol. The zero-order valence-electron chi connectivity index (χ0n) is 18.2. The van der Waals surface area contributed by atoms with Crippen LogP contribution < -0.4 is 4.74 Å². The molecule has 0 fully saturated rings. The Hall–Kier alpha value is -2.38.